The highest BCUT2D eigenvalue weighted by atomic mass is 35.5. The van der Waals surface area contributed by atoms with Gasteiger partial charge in [0.25, 0.3) is 5.91 Å². The Morgan fingerprint density at radius 3 is 2.36 bits per heavy atom. The lowest BCUT2D eigenvalue weighted by atomic mass is 9.76. The molecule has 5 nitrogen and oxygen atoms in total. The second-order valence-corrected chi connectivity index (χ2v) is 8.78. The Hall–Kier alpha value is -2.40. The van der Waals surface area contributed by atoms with Gasteiger partial charge in [-0.15, -0.1) is 0 Å². The molecule has 0 saturated heterocycles. The molecule has 1 atom stereocenters. The molecule has 0 unspecified atom stereocenters. The van der Waals surface area contributed by atoms with E-state index in [1.54, 1.807) is 12.1 Å². The molecule has 0 spiro atoms. The van der Waals surface area contributed by atoms with Gasteiger partial charge in [0.2, 0.25) is 0 Å². The van der Waals surface area contributed by atoms with Gasteiger partial charge in [-0.05, 0) is 71.2 Å². The lowest BCUT2D eigenvalue weighted by Crippen LogP contribution is -2.39. The molecule has 0 bridgehead atoms. The van der Waals surface area contributed by atoms with Crippen LogP contribution < -0.4 is 0 Å². The van der Waals surface area contributed by atoms with Gasteiger partial charge >= 0.3 is 5.97 Å². The lowest BCUT2D eigenvalue weighted by molar-refractivity contribution is -0.150. The summed E-state index contributed by atoms with van der Waals surface area (Å²) < 4.78 is 6.96. The van der Waals surface area contributed by atoms with E-state index in [2.05, 4.69) is 5.10 Å². The Morgan fingerprint density at radius 1 is 1.18 bits per heavy atom. The zero-order valence-corrected chi connectivity index (χ0v) is 17.6. The van der Waals surface area contributed by atoms with Gasteiger partial charge in [-0.25, -0.2) is 9.48 Å². The van der Waals surface area contributed by atoms with Crippen molar-refractivity contribution in [2.75, 3.05) is 0 Å². The van der Waals surface area contributed by atoms with Crippen molar-refractivity contribution in [3.63, 3.8) is 0 Å². The molecule has 3 rings (SSSR count). The predicted molar refractivity (Wildman–Crippen MR) is 109 cm³/mol. The van der Waals surface area contributed by atoms with Crippen LogP contribution in [0.2, 0.25) is 5.02 Å². The Kier molecular flexibility index (Phi) is 5.24. The van der Waals surface area contributed by atoms with E-state index in [0.29, 0.717) is 17.0 Å². The number of carbonyl (C=O) groups excluding carboxylic acids is 2. The van der Waals surface area contributed by atoms with Crippen molar-refractivity contribution in [3.8, 4) is 0 Å². The quantitative estimate of drug-likeness (QED) is 0.694. The molecule has 1 aliphatic carbocycles. The minimum atomic E-state index is -0.917. The average Bonchev–Trinajstić information content (AvgIpc) is 3.18. The van der Waals surface area contributed by atoms with Crippen molar-refractivity contribution in [2.45, 2.75) is 58.5 Å². The molecule has 0 saturated carbocycles. The van der Waals surface area contributed by atoms with Crippen LogP contribution in [0.25, 0.3) is 0 Å². The van der Waals surface area contributed by atoms with Gasteiger partial charge < -0.3 is 4.74 Å². The zero-order chi connectivity index (χ0) is 20.7. The average molecular weight is 401 g/mol. The maximum Gasteiger partial charge on any atom is 0.334 e. The highest BCUT2D eigenvalue weighted by molar-refractivity contribution is 6.30. The predicted octanol–water partition coefficient (Wildman–Crippen LogP) is 4.79. The Labute approximate surface area is 170 Å². The summed E-state index contributed by atoms with van der Waals surface area (Å²) in [5.41, 5.74) is 1.35. The fraction of sp³-hybridized carbons (Fsp3) is 0.409. The van der Waals surface area contributed by atoms with Gasteiger partial charge in [0.15, 0.2) is 0 Å². The molecular formula is C22H25ClN2O3. The summed E-state index contributed by atoms with van der Waals surface area (Å²) in [6.45, 7) is 9.19. The number of ether oxygens (including phenoxy) is 1. The first-order valence-electron chi connectivity index (χ1n) is 9.28. The zero-order valence-electron chi connectivity index (χ0n) is 16.9. The van der Waals surface area contributed by atoms with Crippen LogP contribution in [-0.2, 0) is 14.9 Å². The molecule has 28 heavy (non-hydrogen) atoms. The third kappa shape index (κ3) is 3.90. The van der Waals surface area contributed by atoms with E-state index < -0.39 is 11.0 Å². The first-order chi connectivity index (χ1) is 13.0. The molecule has 2 aromatic rings. The van der Waals surface area contributed by atoms with Crippen molar-refractivity contribution in [2.24, 2.45) is 0 Å². The van der Waals surface area contributed by atoms with E-state index in [9.17, 15) is 9.59 Å². The molecule has 0 fully saturated rings. The molecule has 148 valence electrons. The lowest BCUT2D eigenvalue weighted by Gasteiger charge is -2.29. The van der Waals surface area contributed by atoms with E-state index in [0.717, 1.165) is 17.0 Å². The molecule has 1 aromatic heterocycles. The van der Waals surface area contributed by atoms with Crippen LogP contribution in [0.3, 0.4) is 0 Å². The number of hydrogen-bond donors (Lipinski definition) is 0. The molecule has 0 radical (unpaired) electrons. The standard InChI is InChI=1S/C22H25ClN2O3/c1-14-12-15(2)25(24-14)20(27)22(17-6-8-18(23)9-7-17)11-10-16(13-22)19(26)28-21(3,4)5/h6-10,12H,11,13H2,1-5H3/t22-/m0/s1. The number of aryl methyl sites for hydroxylation is 2. The highest BCUT2D eigenvalue weighted by Gasteiger charge is 2.46. The second kappa shape index (κ2) is 7.21. The van der Waals surface area contributed by atoms with Gasteiger partial charge in [-0.3, -0.25) is 4.79 Å². The topological polar surface area (TPSA) is 61.2 Å². The number of carbonyl (C=O) groups is 2. The summed E-state index contributed by atoms with van der Waals surface area (Å²) in [5.74, 6) is -0.542. The first kappa shape index (κ1) is 20.3. The molecule has 6 heteroatoms. The van der Waals surface area contributed by atoms with Crippen LogP contribution in [0.15, 0.2) is 42.0 Å². The summed E-state index contributed by atoms with van der Waals surface area (Å²) in [4.78, 5) is 26.2. The summed E-state index contributed by atoms with van der Waals surface area (Å²) in [6, 6.07) is 9.08. The van der Waals surface area contributed by atoms with Crippen LogP contribution in [0.4, 0.5) is 0 Å². The molecule has 1 aromatic carbocycles. The molecule has 1 heterocycles. The van der Waals surface area contributed by atoms with E-state index in [-0.39, 0.29) is 18.3 Å². The Bertz CT molecular complexity index is 951. The number of rotatable bonds is 3. The maximum absolute atomic E-state index is 13.6. The monoisotopic (exact) mass is 400 g/mol. The number of hydrogen-bond acceptors (Lipinski definition) is 4. The summed E-state index contributed by atoms with van der Waals surface area (Å²) in [5, 5.41) is 4.97. The highest BCUT2D eigenvalue weighted by Crippen LogP contribution is 2.43. The molecule has 0 aliphatic heterocycles. The fourth-order valence-corrected chi connectivity index (χ4v) is 3.70. The minimum absolute atomic E-state index is 0.157. The van der Waals surface area contributed by atoms with E-state index in [1.807, 2.05) is 58.9 Å². The van der Waals surface area contributed by atoms with E-state index >= 15 is 0 Å². The summed E-state index contributed by atoms with van der Waals surface area (Å²) in [6.07, 6.45) is 2.48. The fourth-order valence-electron chi connectivity index (χ4n) is 3.58. The third-order valence-electron chi connectivity index (χ3n) is 4.86. The van der Waals surface area contributed by atoms with Gasteiger partial charge in [-0.1, -0.05) is 29.8 Å². The Balaban J connectivity index is 2.01. The van der Waals surface area contributed by atoms with Crippen LogP contribution in [0.1, 0.15) is 55.4 Å². The molecule has 1 aliphatic rings. The van der Waals surface area contributed by atoms with Crippen molar-refractivity contribution in [3.05, 3.63) is 64.0 Å². The van der Waals surface area contributed by atoms with Gasteiger partial charge in [0.05, 0.1) is 11.1 Å². The van der Waals surface area contributed by atoms with Crippen molar-refractivity contribution >= 4 is 23.5 Å². The molecule has 0 N–H and O–H groups in total. The Morgan fingerprint density at radius 2 is 1.82 bits per heavy atom. The second-order valence-electron chi connectivity index (χ2n) is 8.35. The molecule has 0 amide bonds. The number of nitrogens with zero attached hydrogens (tertiary/aromatic N) is 2. The van der Waals surface area contributed by atoms with Crippen molar-refractivity contribution in [1.29, 1.82) is 0 Å². The maximum atomic E-state index is 13.6. The minimum Gasteiger partial charge on any atom is -0.457 e. The number of allylic oxidation sites excluding steroid dienone is 1. The number of aromatic nitrogens is 2. The smallest absolute Gasteiger partial charge is 0.334 e. The van der Waals surface area contributed by atoms with Crippen molar-refractivity contribution < 1.29 is 14.3 Å². The SMILES string of the molecule is Cc1cc(C)n(C(=O)[C@@]2(c3ccc(Cl)cc3)CC=C(C(=O)OC(C)(C)C)C2)n1. The number of esters is 1. The van der Waals surface area contributed by atoms with E-state index in [1.165, 1.54) is 4.68 Å². The first-order valence-corrected chi connectivity index (χ1v) is 9.66. The number of benzene rings is 1. The van der Waals surface area contributed by atoms with Crippen LogP contribution in [0, 0.1) is 13.8 Å². The van der Waals surface area contributed by atoms with Crippen LogP contribution in [-0.4, -0.2) is 27.3 Å². The van der Waals surface area contributed by atoms with Crippen LogP contribution in [0.5, 0.6) is 0 Å². The number of halogens is 1. The summed E-state index contributed by atoms with van der Waals surface area (Å²) >= 11 is 6.05. The molecular weight excluding hydrogens is 376 g/mol. The van der Waals surface area contributed by atoms with E-state index in [4.69, 9.17) is 16.3 Å². The third-order valence-corrected chi connectivity index (χ3v) is 5.11. The van der Waals surface area contributed by atoms with Crippen molar-refractivity contribution in [1.82, 2.24) is 9.78 Å². The van der Waals surface area contributed by atoms with Crippen LogP contribution >= 0.6 is 11.6 Å². The van der Waals surface area contributed by atoms with Gasteiger partial charge in [0.1, 0.15) is 5.60 Å². The van der Waals surface area contributed by atoms with Gasteiger partial charge in [-0.2, -0.15) is 5.10 Å². The normalized spacial score (nSPS) is 19.4. The van der Waals surface area contributed by atoms with Gasteiger partial charge in [0, 0.05) is 16.3 Å². The largest absolute Gasteiger partial charge is 0.457 e. The summed E-state index contributed by atoms with van der Waals surface area (Å²) in [7, 11) is 0.